The van der Waals surface area contributed by atoms with E-state index in [1.54, 1.807) is 0 Å². The molecule has 1 heterocycles. The van der Waals surface area contributed by atoms with Crippen LogP contribution in [0.1, 0.15) is 27.2 Å². The molecule has 1 rings (SSSR count). The van der Waals surface area contributed by atoms with Gasteiger partial charge in [-0.15, -0.1) is 0 Å². The summed E-state index contributed by atoms with van der Waals surface area (Å²) in [7, 11) is 0. The zero-order chi connectivity index (χ0) is 10.8. The highest BCUT2D eigenvalue weighted by molar-refractivity contribution is 5.74. The van der Waals surface area contributed by atoms with Gasteiger partial charge in [-0.1, -0.05) is 0 Å². The molecule has 1 aliphatic heterocycles. The van der Waals surface area contributed by atoms with E-state index in [4.69, 9.17) is 15.2 Å². The number of nitrogens with two attached hydrogens (primary N) is 1. The summed E-state index contributed by atoms with van der Waals surface area (Å²) < 4.78 is 10.5. The largest absolute Gasteiger partial charge is 0.460 e. The first kappa shape index (κ1) is 11.5. The third-order valence-corrected chi connectivity index (χ3v) is 2.12. The van der Waals surface area contributed by atoms with E-state index < -0.39 is 5.60 Å². The minimum Gasteiger partial charge on any atom is -0.460 e. The average Bonchev–Trinajstić information content (AvgIpc) is 2.01. The summed E-state index contributed by atoms with van der Waals surface area (Å²) in [5, 5.41) is 0. The van der Waals surface area contributed by atoms with E-state index >= 15 is 0 Å². The molecule has 0 spiro atoms. The Kier molecular flexibility index (Phi) is 3.50. The predicted molar refractivity (Wildman–Crippen MR) is 52.7 cm³/mol. The predicted octanol–water partition coefficient (Wildman–Crippen LogP) is 0.692. The van der Waals surface area contributed by atoms with Crippen LogP contribution in [-0.2, 0) is 14.3 Å². The van der Waals surface area contributed by atoms with Gasteiger partial charge >= 0.3 is 5.97 Å². The summed E-state index contributed by atoms with van der Waals surface area (Å²) in [6, 6.07) is -0.126. The van der Waals surface area contributed by atoms with Crippen molar-refractivity contribution >= 4 is 5.97 Å². The molecule has 2 N–H and O–H groups in total. The van der Waals surface area contributed by atoms with E-state index in [-0.39, 0.29) is 17.9 Å². The van der Waals surface area contributed by atoms with Crippen LogP contribution in [0.2, 0.25) is 0 Å². The highest BCUT2D eigenvalue weighted by Gasteiger charge is 2.32. The second kappa shape index (κ2) is 4.28. The van der Waals surface area contributed by atoms with Gasteiger partial charge in [-0.25, -0.2) is 0 Å². The average molecular weight is 201 g/mol. The fraction of sp³-hybridized carbons (Fsp3) is 0.900. The summed E-state index contributed by atoms with van der Waals surface area (Å²) >= 11 is 0. The van der Waals surface area contributed by atoms with Crippen molar-refractivity contribution in [1.29, 1.82) is 0 Å². The maximum absolute atomic E-state index is 11.6. The van der Waals surface area contributed by atoms with Crippen LogP contribution in [0.5, 0.6) is 0 Å². The number of rotatable bonds is 1. The Hall–Kier alpha value is -0.610. The molecule has 82 valence electrons. The molecule has 2 unspecified atom stereocenters. The van der Waals surface area contributed by atoms with Crippen LogP contribution >= 0.6 is 0 Å². The Bertz CT molecular complexity index is 210. The smallest absolute Gasteiger partial charge is 0.313 e. The van der Waals surface area contributed by atoms with Crippen molar-refractivity contribution in [2.75, 3.05) is 13.2 Å². The van der Waals surface area contributed by atoms with Crippen LogP contribution < -0.4 is 5.73 Å². The first-order chi connectivity index (χ1) is 6.40. The van der Waals surface area contributed by atoms with Crippen molar-refractivity contribution in [2.24, 2.45) is 11.7 Å². The molecule has 1 fully saturated rings. The molecule has 0 saturated carbocycles. The van der Waals surface area contributed by atoms with Crippen molar-refractivity contribution < 1.29 is 14.3 Å². The lowest BCUT2D eigenvalue weighted by atomic mass is 9.96. The van der Waals surface area contributed by atoms with Crippen LogP contribution in [0.15, 0.2) is 0 Å². The molecule has 0 bridgehead atoms. The Morgan fingerprint density at radius 1 is 1.50 bits per heavy atom. The summed E-state index contributed by atoms with van der Waals surface area (Å²) in [4.78, 5) is 11.6. The summed E-state index contributed by atoms with van der Waals surface area (Å²) in [6.07, 6.45) is 0.726. The van der Waals surface area contributed by atoms with E-state index in [9.17, 15) is 4.79 Å². The SMILES string of the molecule is CC(C)(C)OC(=O)C1COCCC1N. The molecule has 0 aromatic rings. The Morgan fingerprint density at radius 2 is 2.14 bits per heavy atom. The van der Waals surface area contributed by atoms with E-state index in [0.29, 0.717) is 13.2 Å². The summed E-state index contributed by atoms with van der Waals surface area (Å²) in [5.41, 5.74) is 5.37. The van der Waals surface area contributed by atoms with Gasteiger partial charge in [0.2, 0.25) is 0 Å². The third kappa shape index (κ3) is 3.27. The van der Waals surface area contributed by atoms with E-state index in [0.717, 1.165) is 6.42 Å². The second-order valence-corrected chi connectivity index (χ2v) is 4.67. The van der Waals surface area contributed by atoms with Crippen LogP contribution in [0, 0.1) is 5.92 Å². The van der Waals surface area contributed by atoms with Gasteiger partial charge in [-0.3, -0.25) is 4.79 Å². The van der Waals surface area contributed by atoms with E-state index in [1.165, 1.54) is 0 Å². The van der Waals surface area contributed by atoms with Gasteiger partial charge in [-0.05, 0) is 27.2 Å². The fourth-order valence-electron chi connectivity index (χ4n) is 1.37. The lowest BCUT2D eigenvalue weighted by Crippen LogP contribution is -2.45. The molecule has 0 aromatic carbocycles. The molecule has 0 aromatic heterocycles. The number of ether oxygens (including phenoxy) is 2. The molecular weight excluding hydrogens is 182 g/mol. The topological polar surface area (TPSA) is 61.5 Å². The number of carbonyl (C=O) groups excluding carboxylic acids is 1. The normalized spacial score (nSPS) is 28.6. The lowest BCUT2D eigenvalue weighted by molar-refractivity contribution is -0.165. The molecule has 1 saturated heterocycles. The van der Waals surface area contributed by atoms with E-state index in [2.05, 4.69) is 0 Å². The highest BCUT2D eigenvalue weighted by atomic mass is 16.6. The molecule has 4 heteroatoms. The number of esters is 1. The van der Waals surface area contributed by atoms with Crippen LogP contribution in [0.25, 0.3) is 0 Å². The molecule has 1 aliphatic rings. The molecule has 14 heavy (non-hydrogen) atoms. The molecular formula is C10H19NO3. The first-order valence-corrected chi connectivity index (χ1v) is 4.96. The van der Waals surface area contributed by atoms with Gasteiger partial charge in [0, 0.05) is 12.6 Å². The van der Waals surface area contributed by atoms with Crippen molar-refractivity contribution in [3.63, 3.8) is 0 Å². The quantitative estimate of drug-likeness (QED) is 0.634. The first-order valence-electron chi connectivity index (χ1n) is 4.96. The third-order valence-electron chi connectivity index (χ3n) is 2.12. The molecule has 2 atom stereocenters. The zero-order valence-electron chi connectivity index (χ0n) is 9.08. The van der Waals surface area contributed by atoms with Gasteiger partial charge in [0.25, 0.3) is 0 Å². The van der Waals surface area contributed by atoms with Crippen molar-refractivity contribution in [3.8, 4) is 0 Å². The summed E-state index contributed by atoms with van der Waals surface area (Å²) in [5.74, 6) is -0.548. The van der Waals surface area contributed by atoms with Gasteiger partial charge in [-0.2, -0.15) is 0 Å². The number of hydrogen-bond donors (Lipinski definition) is 1. The van der Waals surface area contributed by atoms with Gasteiger partial charge in [0.05, 0.1) is 12.5 Å². The number of carbonyl (C=O) groups is 1. The standard InChI is InChI=1S/C10H19NO3/c1-10(2,3)14-9(12)7-6-13-5-4-8(7)11/h7-8H,4-6,11H2,1-3H3. The maximum atomic E-state index is 11.6. The van der Waals surface area contributed by atoms with Crippen LogP contribution in [-0.4, -0.2) is 30.8 Å². The van der Waals surface area contributed by atoms with Crippen molar-refractivity contribution in [3.05, 3.63) is 0 Å². The van der Waals surface area contributed by atoms with E-state index in [1.807, 2.05) is 20.8 Å². The fourth-order valence-corrected chi connectivity index (χ4v) is 1.37. The van der Waals surface area contributed by atoms with Crippen molar-refractivity contribution in [1.82, 2.24) is 0 Å². The Balaban J connectivity index is 2.50. The van der Waals surface area contributed by atoms with Gasteiger partial charge in [0.1, 0.15) is 5.60 Å². The minimum absolute atomic E-state index is 0.126. The van der Waals surface area contributed by atoms with Crippen molar-refractivity contribution in [2.45, 2.75) is 38.8 Å². The van der Waals surface area contributed by atoms with Gasteiger partial charge in [0.15, 0.2) is 0 Å². The lowest BCUT2D eigenvalue weighted by Gasteiger charge is -2.30. The maximum Gasteiger partial charge on any atom is 0.313 e. The monoisotopic (exact) mass is 201 g/mol. The molecule has 0 radical (unpaired) electrons. The Labute approximate surface area is 84.7 Å². The second-order valence-electron chi connectivity index (χ2n) is 4.67. The minimum atomic E-state index is -0.450. The van der Waals surface area contributed by atoms with Crippen LogP contribution in [0.3, 0.4) is 0 Å². The van der Waals surface area contributed by atoms with Crippen LogP contribution in [0.4, 0.5) is 0 Å². The molecule has 0 amide bonds. The highest BCUT2D eigenvalue weighted by Crippen LogP contribution is 2.18. The van der Waals surface area contributed by atoms with Gasteiger partial charge < -0.3 is 15.2 Å². The zero-order valence-corrected chi connectivity index (χ0v) is 9.08. The Morgan fingerprint density at radius 3 is 2.64 bits per heavy atom. The summed E-state index contributed by atoms with van der Waals surface area (Å²) in [6.45, 7) is 6.57. The molecule has 4 nitrogen and oxygen atoms in total. The molecule has 0 aliphatic carbocycles. The number of hydrogen-bond acceptors (Lipinski definition) is 4.